The molecule has 0 unspecified atom stereocenters. The zero-order chi connectivity index (χ0) is 28.4. The predicted molar refractivity (Wildman–Crippen MR) is 94.1 cm³/mol. The Labute approximate surface area is 180 Å². The lowest BCUT2D eigenvalue weighted by molar-refractivity contribution is 0.283. The lowest BCUT2D eigenvalue weighted by atomic mass is 10.9. The van der Waals surface area contributed by atoms with Gasteiger partial charge in [-0.1, -0.05) is 0 Å². The van der Waals surface area contributed by atoms with E-state index in [9.17, 15) is 8.42 Å². The normalized spacial score (nSPS) is 11.6. The Morgan fingerprint density at radius 2 is 0.500 bits per heavy atom. The maximum absolute atomic E-state index is 9.56. The van der Waals surface area contributed by atoms with E-state index in [1.165, 1.54) is 6.92 Å². The van der Waals surface area contributed by atoms with Crippen LogP contribution in [0.1, 0.15) is 6.92 Å². The largest absolute Gasteiger partial charge is 0.397 e. The van der Waals surface area contributed by atoms with E-state index in [0.717, 1.165) is 0 Å². The van der Waals surface area contributed by atoms with Gasteiger partial charge in [0.1, 0.15) is 0 Å². The Hall–Kier alpha value is -0.780. The average Bonchev–Trinajstić information content (AvgIpc) is 2.12. The highest BCUT2D eigenvalue weighted by Gasteiger charge is 1.98. The molecule has 11 N–H and O–H groups in total. The molecule has 0 radical (unpaired) electrons. The van der Waals surface area contributed by atoms with Crippen LogP contribution in [-0.4, -0.2) is 107 Å². The number of hydrogen-bond acceptors (Lipinski definition) is 13. The second-order valence-corrected chi connectivity index (χ2v) is 8.64. The maximum Gasteiger partial charge on any atom is 0.397 e. The van der Waals surface area contributed by atoms with Gasteiger partial charge in [-0.3, -0.25) is 50.1 Å². The van der Waals surface area contributed by atoms with Gasteiger partial charge in [-0.25, -0.2) is 4.18 Å². The first kappa shape index (κ1) is 44.8. The molecule has 0 aliphatic heterocycles. The molecule has 0 aliphatic rings. The van der Waals surface area contributed by atoms with Crippen LogP contribution >= 0.6 is 0 Å². The van der Waals surface area contributed by atoms with Crippen molar-refractivity contribution in [3.8, 4) is 0 Å². The number of hydrogen-bond donors (Lipinski definition) is 11. The van der Waals surface area contributed by atoms with Crippen LogP contribution in [0.25, 0.3) is 0 Å². The van der Waals surface area contributed by atoms with E-state index < -0.39 is 62.4 Å². The zero-order valence-electron chi connectivity index (χ0n) is 14.4. The Morgan fingerprint density at radius 1 is 0.406 bits per heavy atom. The van der Waals surface area contributed by atoms with Crippen LogP contribution in [0.2, 0.25) is 0 Å². The molecule has 0 aromatic heterocycles. The van der Waals surface area contributed by atoms with Crippen LogP contribution in [0.4, 0.5) is 0 Å². The smallest absolute Gasteiger partial charge is 0.264 e. The van der Waals surface area contributed by atoms with Crippen LogP contribution in [0.15, 0.2) is 0 Å². The van der Waals surface area contributed by atoms with Crippen molar-refractivity contribution in [1.82, 2.24) is 0 Å². The van der Waals surface area contributed by atoms with Crippen LogP contribution in [0, 0.1) is 0 Å². The molecular weight excluding hydrogens is 600 g/mol. The summed E-state index contributed by atoms with van der Waals surface area (Å²) in [4.78, 5) is 0. The van der Waals surface area contributed by atoms with Gasteiger partial charge < -0.3 is 0 Å². The standard InChI is InChI=1S/C2H6O4S.5H2O4S/c1-2-6-7(3,4)5;5*1-5(2,3)4/h2H2,1H3,(H,3,4,5);5*(H2,1,2,3,4). The van der Waals surface area contributed by atoms with E-state index in [1.807, 2.05) is 0 Å². The second kappa shape index (κ2) is 18.6. The highest BCUT2D eigenvalue weighted by Crippen LogP contribution is 1.81. The Balaban J connectivity index is -0.0000000637. The molecule has 0 spiro atoms. The predicted octanol–water partition coefficient (Wildman–Crippen LogP) is -3.44. The summed E-state index contributed by atoms with van der Waals surface area (Å²) in [5.41, 5.74) is 0. The molecule has 0 heterocycles. The third-order valence-corrected chi connectivity index (χ3v) is 0.800. The van der Waals surface area contributed by atoms with Crippen LogP contribution in [0.3, 0.4) is 0 Å². The summed E-state index contributed by atoms with van der Waals surface area (Å²) in [6.07, 6.45) is 0. The van der Waals surface area contributed by atoms with Crippen LogP contribution in [-0.2, 0) is 66.6 Å². The van der Waals surface area contributed by atoms with E-state index >= 15 is 0 Å². The Morgan fingerprint density at radius 3 is 0.500 bits per heavy atom. The molecule has 0 atom stereocenters. The topological polar surface area (TPSA) is 437 Å². The van der Waals surface area contributed by atoms with E-state index in [1.54, 1.807) is 0 Å². The first-order valence-electron chi connectivity index (χ1n) is 5.17. The zero-order valence-corrected chi connectivity index (χ0v) is 19.3. The Kier molecular flexibility index (Phi) is 26.1. The summed E-state index contributed by atoms with van der Waals surface area (Å²) in [5.74, 6) is 0. The van der Waals surface area contributed by atoms with E-state index in [0.29, 0.717) is 0 Å². The molecule has 0 saturated carbocycles. The highest BCUT2D eigenvalue weighted by atomic mass is 32.3. The molecule has 0 saturated heterocycles. The monoisotopic (exact) mass is 616 g/mol. The van der Waals surface area contributed by atoms with Crippen molar-refractivity contribution < 1.29 is 105 Å². The maximum atomic E-state index is 9.56. The minimum absolute atomic E-state index is 0.0289. The minimum atomic E-state index is -4.67. The van der Waals surface area contributed by atoms with E-state index in [-0.39, 0.29) is 6.61 Å². The number of rotatable bonds is 2. The summed E-state index contributed by atoms with van der Waals surface area (Å²) >= 11 is 0. The van der Waals surface area contributed by atoms with E-state index in [4.69, 9.17) is 92.2 Å². The third kappa shape index (κ3) is 2240. The molecule has 0 aromatic carbocycles. The Bertz CT molecular complexity index is 863. The van der Waals surface area contributed by atoms with Gasteiger partial charge in [0.2, 0.25) is 0 Å². The fourth-order valence-corrected chi connectivity index (χ4v) is 0.447. The van der Waals surface area contributed by atoms with Gasteiger partial charge >= 0.3 is 62.4 Å². The van der Waals surface area contributed by atoms with Crippen LogP contribution in [0.5, 0.6) is 0 Å². The molecule has 0 rings (SSSR count). The minimum Gasteiger partial charge on any atom is -0.264 e. The fraction of sp³-hybridized carbons (Fsp3) is 1.00. The second-order valence-electron chi connectivity index (χ2n) is 3.07. The van der Waals surface area contributed by atoms with Gasteiger partial charge in [-0.15, -0.1) is 0 Å². The first-order valence-corrected chi connectivity index (χ1v) is 13.5. The lowest BCUT2D eigenvalue weighted by Crippen LogP contribution is -2.01. The molecular formula is C2H16O24S6. The average molecular weight is 617 g/mol. The summed E-state index contributed by atoms with van der Waals surface area (Å²) in [6.45, 7) is 1.44. The fourth-order valence-electron chi connectivity index (χ4n) is 0.149. The van der Waals surface area contributed by atoms with Gasteiger partial charge in [-0.05, 0) is 6.92 Å². The van der Waals surface area contributed by atoms with Crippen molar-refractivity contribution in [1.29, 1.82) is 0 Å². The summed E-state index contributed by atoms with van der Waals surface area (Å²) < 4.78 is 189. The summed E-state index contributed by atoms with van der Waals surface area (Å²) in [5, 5.41) is 0. The van der Waals surface area contributed by atoms with Crippen molar-refractivity contribution >= 4 is 62.4 Å². The SMILES string of the molecule is CCOS(=O)(=O)O.O=S(=O)(O)O.O=S(=O)(O)O.O=S(=O)(O)O.O=S(=O)(O)O.O=S(=O)(O)O. The van der Waals surface area contributed by atoms with Crippen molar-refractivity contribution in [2.75, 3.05) is 6.61 Å². The molecule has 24 nitrogen and oxygen atoms in total. The van der Waals surface area contributed by atoms with Gasteiger partial charge in [-0.2, -0.15) is 50.5 Å². The highest BCUT2D eigenvalue weighted by molar-refractivity contribution is 7.81. The summed E-state index contributed by atoms with van der Waals surface area (Å²) in [6, 6.07) is 0. The van der Waals surface area contributed by atoms with E-state index in [2.05, 4.69) is 4.18 Å². The van der Waals surface area contributed by atoms with Crippen molar-refractivity contribution in [2.45, 2.75) is 6.92 Å². The summed E-state index contributed by atoms with van der Waals surface area (Å²) in [7, 11) is -27.5. The van der Waals surface area contributed by atoms with Crippen molar-refractivity contribution in [3.63, 3.8) is 0 Å². The van der Waals surface area contributed by atoms with Crippen molar-refractivity contribution in [2.24, 2.45) is 0 Å². The van der Waals surface area contributed by atoms with Crippen LogP contribution < -0.4 is 0 Å². The van der Waals surface area contributed by atoms with Gasteiger partial charge in [0.15, 0.2) is 0 Å². The molecule has 0 aliphatic carbocycles. The third-order valence-electron chi connectivity index (χ3n) is 0.267. The molecule has 0 bridgehead atoms. The molecule has 0 aromatic rings. The molecule has 0 fully saturated rings. The lowest BCUT2D eigenvalue weighted by Gasteiger charge is -1.88. The molecule has 204 valence electrons. The molecule has 30 heteroatoms. The molecule has 0 amide bonds. The van der Waals surface area contributed by atoms with Gasteiger partial charge in [0, 0.05) is 0 Å². The quantitative estimate of drug-likeness (QED) is 0.134. The molecule has 32 heavy (non-hydrogen) atoms. The van der Waals surface area contributed by atoms with Gasteiger partial charge in [0.25, 0.3) is 0 Å². The van der Waals surface area contributed by atoms with Gasteiger partial charge in [0.05, 0.1) is 6.61 Å². The van der Waals surface area contributed by atoms with Crippen molar-refractivity contribution in [3.05, 3.63) is 0 Å². The first-order chi connectivity index (χ1) is 13.1.